The Balaban J connectivity index is 1.33. The third kappa shape index (κ3) is 6.19. The Bertz CT molecular complexity index is 1150. The quantitative estimate of drug-likeness (QED) is 0.491. The van der Waals surface area contributed by atoms with Crippen molar-refractivity contribution in [3.63, 3.8) is 0 Å². The predicted octanol–water partition coefficient (Wildman–Crippen LogP) is 4.81. The lowest BCUT2D eigenvalue weighted by atomic mass is 9.95. The lowest BCUT2D eigenvalue weighted by Crippen LogP contribution is -2.37. The molecular weight excluding hydrogens is 442 g/mol. The van der Waals surface area contributed by atoms with Crippen molar-refractivity contribution in [3.05, 3.63) is 83.9 Å². The zero-order chi connectivity index (χ0) is 24.6. The standard InChI is InChI=1S/C28H31N3O4/c1-34-23-13-11-20(12-14-23)27(32)29-24-8-4-5-9-25(24)30-28(33)21-15-17-31(18-16-21)19-22-7-3-6-10-26(22)35-2/h3-14,21H,15-19H2,1-2H3,(H,29,32)(H,30,33). The molecule has 0 aliphatic carbocycles. The van der Waals surface area contributed by atoms with Gasteiger partial charge in [-0.1, -0.05) is 30.3 Å². The number of carbonyl (C=O) groups excluding carboxylic acids is 2. The van der Waals surface area contributed by atoms with Gasteiger partial charge < -0.3 is 20.1 Å². The maximum atomic E-state index is 13.0. The molecule has 0 radical (unpaired) electrons. The molecule has 0 bridgehead atoms. The second kappa shape index (κ2) is 11.5. The minimum absolute atomic E-state index is 0.0203. The van der Waals surface area contributed by atoms with Crippen LogP contribution in [-0.4, -0.2) is 44.0 Å². The van der Waals surface area contributed by atoms with E-state index in [1.807, 2.05) is 30.3 Å². The van der Waals surface area contributed by atoms with Gasteiger partial charge in [-0.3, -0.25) is 14.5 Å². The van der Waals surface area contributed by atoms with Gasteiger partial charge in [0, 0.05) is 23.6 Å². The number of ether oxygens (including phenoxy) is 2. The Morgan fingerprint density at radius 3 is 2.11 bits per heavy atom. The fourth-order valence-corrected chi connectivity index (χ4v) is 4.30. The number of amides is 2. The van der Waals surface area contributed by atoms with Gasteiger partial charge in [-0.2, -0.15) is 0 Å². The van der Waals surface area contributed by atoms with E-state index in [-0.39, 0.29) is 17.7 Å². The number of methoxy groups -OCH3 is 2. The minimum atomic E-state index is -0.251. The Kier molecular flexibility index (Phi) is 8.00. The molecule has 7 heteroatoms. The maximum Gasteiger partial charge on any atom is 0.255 e. The summed E-state index contributed by atoms with van der Waals surface area (Å²) in [7, 11) is 3.27. The fraction of sp³-hybridized carbons (Fsp3) is 0.286. The van der Waals surface area contributed by atoms with Gasteiger partial charge in [0.1, 0.15) is 11.5 Å². The minimum Gasteiger partial charge on any atom is -0.497 e. The monoisotopic (exact) mass is 473 g/mol. The summed E-state index contributed by atoms with van der Waals surface area (Å²) in [6.07, 6.45) is 1.56. The van der Waals surface area contributed by atoms with Gasteiger partial charge in [0.2, 0.25) is 5.91 Å². The Labute approximate surface area is 206 Å². The van der Waals surface area contributed by atoms with Crippen LogP contribution in [0.15, 0.2) is 72.8 Å². The highest BCUT2D eigenvalue weighted by atomic mass is 16.5. The number of rotatable bonds is 8. The number of hydrogen-bond donors (Lipinski definition) is 2. The topological polar surface area (TPSA) is 79.9 Å². The molecule has 1 saturated heterocycles. The molecule has 0 atom stereocenters. The van der Waals surface area contributed by atoms with Gasteiger partial charge in [0.25, 0.3) is 5.91 Å². The highest BCUT2D eigenvalue weighted by molar-refractivity contribution is 6.07. The van der Waals surface area contributed by atoms with E-state index >= 15 is 0 Å². The number of carbonyl (C=O) groups is 2. The first-order valence-corrected chi connectivity index (χ1v) is 11.8. The molecule has 0 unspecified atom stereocenters. The number of hydrogen-bond acceptors (Lipinski definition) is 5. The molecule has 1 heterocycles. The molecule has 7 nitrogen and oxygen atoms in total. The molecule has 2 amide bonds. The first kappa shape index (κ1) is 24.3. The van der Waals surface area contributed by atoms with E-state index in [1.54, 1.807) is 50.6 Å². The van der Waals surface area contributed by atoms with Crippen LogP contribution in [0.2, 0.25) is 0 Å². The smallest absolute Gasteiger partial charge is 0.255 e. The van der Waals surface area contributed by atoms with Crippen LogP contribution in [0.5, 0.6) is 11.5 Å². The zero-order valence-electron chi connectivity index (χ0n) is 20.1. The lowest BCUT2D eigenvalue weighted by Gasteiger charge is -2.31. The predicted molar refractivity (Wildman–Crippen MR) is 137 cm³/mol. The highest BCUT2D eigenvalue weighted by Gasteiger charge is 2.26. The molecule has 0 saturated carbocycles. The van der Waals surface area contributed by atoms with Crippen molar-refractivity contribution in [2.24, 2.45) is 5.92 Å². The third-order valence-corrected chi connectivity index (χ3v) is 6.33. The van der Waals surface area contributed by atoms with Gasteiger partial charge >= 0.3 is 0 Å². The van der Waals surface area contributed by atoms with Gasteiger partial charge in [0.05, 0.1) is 25.6 Å². The average Bonchev–Trinajstić information content (AvgIpc) is 2.90. The van der Waals surface area contributed by atoms with Gasteiger partial charge in [-0.15, -0.1) is 0 Å². The Morgan fingerprint density at radius 1 is 0.829 bits per heavy atom. The normalized spacial score (nSPS) is 14.2. The van der Waals surface area contributed by atoms with Crippen molar-refractivity contribution in [3.8, 4) is 11.5 Å². The van der Waals surface area contributed by atoms with Crippen LogP contribution in [0.4, 0.5) is 11.4 Å². The first-order chi connectivity index (χ1) is 17.1. The molecule has 0 spiro atoms. The molecule has 2 N–H and O–H groups in total. The third-order valence-electron chi connectivity index (χ3n) is 6.33. The van der Waals surface area contributed by atoms with Crippen molar-refractivity contribution in [1.29, 1.82) is 0 Å². The molecule has 1 aliphatic rings. The van der Waals surface area contributed by atoms with Crippen LogP contribution in [0.25, 0.3) is 0 Å². The van der Waals surface area contributed by atoms with Crippen molar-refractivity contribution < 1.29 is 19.1 Å². The van der Waals surface area contributed by atoms with Crippen molar-refractivity contribution in [2.45, 2.75) is 19.4 Å². The summed E-state index contributed by atoms with van der Waals surface area (Å²) in [6, 6.07) is 22.2. The Morgan fingerprint density at radius 2 is 1.46 bits per heavy atom. The number of para-hydroxylation sites is 3. The van der Waals surface area contributed by atoms with E-state index < -0.39 is 0 Å². The zero-order valence-corrected chi connectivity index (χ0v) is 20.1. The fourth-order valence-electron chi connectivity index (χ4n) is 4.30. The van der Waals surface area contributed by atoms with E-state index in [4.69, 9.17) is 9.47 Å². The summed E-state index contributed by atoms with van der Waals surface area (Å²) in [5, 5.41) is 5.93. The summed E-state index contributed by atoms with van der Waals surface area (Å²) in [4.78, 5) is 28.1. The summed E-state index contributed by atoms with van der Waals surface area (Å²) in [5.41, 5.74) is 2.82. The SMILES string of the molecule is COc1ccc(C(=O)Nc2ccccc2NC(=O)C2CCN(Cc3ccccc3OC)CC2)cc1. The number of nitrogens with one attached hydrogen (secondary N) is 2. The molecule has 3 aromatic carbocycles. The summed E-state index contributed by atoms with van der Waals surface area (Å²) in [5.74, 6) is 1.23. The van der Waals surface area contributed by atoms with Crippen LogP contribution >= 0.6 is 0 Å². The number of piperidine rings is 1. The number of benzene rings is 3. The van der Waals surface area contributed by atoms with Crippen molar-refractivity contribution in [2.75, 3.05) is 37.9 Å². The molecule has 1 fully saturated rings. The number of anilines is 2. The van der Waals surface area contributed by atoms with Crippen molar-refractivity contribution in [1.82, 2.24) is 4.90 Å². The van der Waals surface area contributed by atoms with E-state index in [2.05, 4.69) is 21.6 Å². The Hall–Kier alpha value is -3.84. The summed E-state index contributed by atoms with van der Waals surface area (Å²) >= 11 is 0. The van der Waals surface area contributed by atoms with Gasteiger partial charge in [-0.05, 0) is 68.4 Å². The summed E-state index contributed by atoms with van der Waals surface area (Å²) < 4.78 is 10.6. The molecule has 3 aromatic rings. The lowest BCUT2D eigenvalue weighted by molar-refractivity contribution is -0.121. The number of nitrogens with zero attached hydrogens (tertiary/aromatic N) is 1. The largest absolute Gasteiger partial charge is 0.497 e. The first-order valence-electron chi connectivity index (χ1n) is 11.8. The van der Waals surface area contributed by atoms with E-state index in [1.165, 1.54) is 0 Å². The van der Waals surface area contributed by atoms with Gasteiger partial charge in [-0.25, -0.2) is 0 Å². The van der Waals surface area contributed by atoms with Crippen LogP contribution < -0.4 is 20.1 Å². The molecular formula is C28H31N3O4. The van der Waals surface area contributed by atoms with Crippen LogP contribution in [0, 0.1) is 5.92 Å². The van der Waals surface area contributed by atoms with E-state index in [0.29, 0.717) is 22.7 Å². The number of likely N-dealkylation sites (tertiary alicyclic amines) is 1. The van der Waals surface area contributed by atoms with E-state index in [9.17, 15) is 9.59 Å². The second-order valence-electron chi connectivity index (χ2n) is 8.58. The highest BCUT2D eigenvalue weighted by Crippen LogP contribution is 2.27. The molecule has 1 aliphatic heterocycles. The molecule has 4 rings (SSSR count). The molecule has 182 valence electrons. The van der Waals surface area contributed by atoms with Crippen LogP contribution in [0.3, 0.4) is 0 Å². The van der Waals surface area contributed by atoms with Crippen molar-refractivity contribution >= 4 is 23.2 Å². The van der Waals surface area contributed by atoms with Crippen LogP contribution in [0.1, 0.15) is 28.8 Å². The van der Waals surface area contributed by atoms with E-state index in [0.717, 1.165) is 43.8 Å². The molecule has 0 aromatic heterocycles. The second-order valence-corrected chi connectivity index (χ2v) is 8.58. The van der Waals surface area contributed by atoms with Gasteiger partial charge in [0.15, 0.2) is 0 Å². The average molecular weight is 474 g/mol. The maximum absolute atomic E-state index is 13.0. The summed E-state index contributed by atoms with van der Waals surface area (Å²) in [6.45, 7) is 2.48. The molecule has 35 heavy (non-hydrogen) atoms. The van der Waals surface area contributed by atoms with Crippen LogP contribution in [-0.2, 0) is 11.3 Å².